The minimum Gasteiger partial charge on any atom is -0.313 e. The molecule has 306 valence electrons. The summed E-state index contributed by atoms with van der Waals surface area (Å²) >= 11 is 0. The van der Waals surface area contributed by atoms with E-state index in [4.69, 9.17) is 0 Å². The molecular weight excluding hydrogens is 771 g/mol. The maximum absolute atomic E-state index is 2.43. The van der Waals surface area contributed by atoms with Crippen molar-refractivity contribution in [1.82, 2.24) is 0 Å². The van der Waals surface area contributed by atoms with E-state index in [9.17, 15) is 0 Å². The Labute approximate surface area is 376 Å². The molecular formula is C63H49N. The molecule has 0 N–H and O–H groups in total. The molecule has 1 heteroatoms. The largest absolute Gasteiger partial charge is 0.313 e. The predicted octanol–water partition coefficient (Wildman–Crippen LogP) is 15.1. The average Bonchev–Trinajstić information content (AvgIpc) is 3.37. The minimum atomic E-state index is 1.00. The van der Waals surface area contributed by atoms with Crippen molar-refractivity contribution in [2.24, 2.45) is 0 Å². The highest BCUT2D eigenvalue weighted by atomic mass is 15.1. The van der Waals surface area contributed by atoms with E-state index in [0.29, 0.717) is 0 Å². The van der Waals surface area contributed by atoms with Crippen LogP contribution in [0.25, 0.3) is 54.4 Å². The quantitative estimate of drug-likeness (QED) is 0.145. The summed E-state index contributed by atoms with van der Waals surface area (Å²) in [7, 11) is 0. The number of para-hydroxylation sites is 1. The molecule has 0 amide bonds. The van der Waals surface area contributed by atoms with Gasteiger partial charge in [0.25, 0.3) is 0 Å². The first kappa shape index (κ1) is 40.1. The molecule has 0 radical (unpaired) electrons. The minimum absolute atomic E-state index is 1.00. The Morgan fingerprint density at radius 1 is 0.375 bits per heavy atom. The Hall–Kier alpha value is -8.00. The van der Waals surface area contributed by atoms with Crippen LogP contribution in [-0.4, -0.2) is 0 Å². The lowest BCUT2D eigenvalue weighted by Gasteiger charge is -2.28. The molecule has 11 rings (SSSR count). The van der Waals surface area contributed by atoms with Crippen molar-refractivity contribution in [3.63, 3.8) is 0 Å². The zero-order valence-electron chi connectivity index (χ0n) is 36.3. The average molecular weight is 820 g/mol. The second-order valence-electron chi connectivity index (χ2n) is 16.4. The van der Waals surface area contributed by atoms with Crippen molar-refractivity contribution in [2.45, 2.75) is 20.3 Å². The standard InChI is InChI=1S/C46H35N.C17H14/c1-32-37-24-11-14-28-41(37)46(42-29-15-12-25-38(32)42)45(35-19-5-3-6-20-35)43-30-16-13-26-39(43)33(2)47(36-22-7-4-8-23-36)44-31-17-21-34-18-9-10-27-40(34)44;1-2-7-14(8-3-1)13-16-11-6-10-15-9-4-5-12-17(15)16/h3-31H,1-2H3;1-12H,13H2/b39-33+,45-43+;. The van der Waals surface area contributed by atoms with E-state index < -0.39 is 0 Å². The van der Waals surface area contributed by atoms with E-state index in [1.807, 2.05) is 0 Å². The van der Waals surface area contributed by atoms with E-state index >= 15 is 0 Å². The second kappa shape index (κ2) is 18.2. The third kappa shape index (κ3) is 7.85. The van der Waals surface area contributed by atoms with Crippen molar-refractivity contribution >= 4 is 65.7 Å². The van der Waals surface area contributed by atoms with Crippen LogP contribution in [0.3, 0.4) is 0 Å². The summed E-state index contributed by atoms with van der Waals surface area (Å²) in [4.78, 5) is 2.43. The predicted molar refractivity (Wildman–Crippen MR) is 275 cm³/mol. The fourth-order valence-corrected chi connectivity index (χ4v) is 9.55. The first-order valence-electron chi connectivity index (χ1n) is 22.2. The maximum atomic E-state index is 2.43. The van der Waals surface area contributed by atoms with E-state index in [1.165, 1.54) is 86.9 Å². The number of aryl methyl sites for hydroxylation is 1. The number of hydrogen-bond acceptors (Lipinski definition) is 1. The molecule has 0 bridgehead atoms. The van der Waals surface area contributed by atoms with Crippen LogP contribution in [0.1, 0.15) is 34.7 Å². The van der Waals surface area contributed by atoms with Crippen LogP contribution in [0, 0.1) is 6.92 Å². The van der Waals surface area contributed by atoms with Crippen molar-refractivity contribution in [1.29, 1.82) is 0 Å². The molecule has 0 fully saturated rings. The molecule has 1 nitrogen and oxygen atoms in total. The van der Waals surface area contributed by atoms with Crippen LogP contribution in [-0.2, 0) is 6.42 Å². The van der Waals surface area contributed by atoms with Crippen molar-refractivity contribution in [2.75, 3.05) is 4.90 Å². The maximum Gasteiger partial charge on any atom is 0.0536 e. The van der Waals surface area contributed by atoms with E-state index in [1.54, 1.807) is 0 Å². The van der Waals surface area contributed by atoms with Gasteiger partial charge in [-0.25, -0.2) is 0 Å². The topological polar surface area (TPSA) is 3.24 Å². The van der Waals surface area contributed by atoms with Gasteiger partial charge in [-0.2, -0.15) is 0 Å². The van der Waals surface area contributed by atoms with Crippen LogP contribution in [0.4, 0.5) is 11.4 Å². The fourth-order valence-electron chi connectivity index (χ4n) is 9.55. The van der Waals surface area contributed by atoms with E-state index in [-0.39, 0.29) is 0 Å². The van der Waals surface area contributed by atoms with Crippen LogP contribution in [0.5, 0.6) is 0 Å². The van der Waals surface area contributed by atoms with Gasteiger partial charge in [0, 0.05) is 22.0 Å². The Morgan fingerprint density at radius 3 is 1.47 bits per heavy atom. The number of anilines is 2. The lowest BCUT2D eigenvalue weighted by atomic mass is 9.85. The molecule has 0 unspecified atom stereocenters. The van der Waals surface area contributed by atoms with E-state index in [2.05, 4.69) is 267 Å². The summed E-state index contributed by atoms with van der Waals surface area (Å²) in [5.41, 5.74) is 11.2. The van der Waals surface area contributed by atoms with Crippen LogP contribution >= 0.6 is 0 Å². The smallest absolute Gasteiger partial charge is 0.0536 e. The summed E-state index contributed by atoms with van der Waals surface area (Å²) in [5.74, 6) is 0. The van der Waals surface area contributed by atoms with Gasteiger partial charge in [0.1, 0.15) is 0 Å². The van der Waals surface area contributed by atoms with Crippen molar-refractivity contribution in [3.8, 4) is 0 Å². The molecule has 0 heterocycles. The molecule has 0 spiro atoms. The van der Waals surface area contributed by atoms with Gasteiger partial charge in [-0.3, -0.25) is 0 Å². The van der Waals surface area contributed by atoms with Crippen LogP contribution in [0.15, 0.2) is 249 Å². The lowest BCUT2D eigenvalue weighted by molar-refractivity contribution is 1.21. The summed E-state index contributed by atoms with van der Waals surface area (Å²) < 4.78 is 0. The molecule has 0 aliphatic carbocycles. The van der Waals surface area contributed by atoms with Gasteiger partial charge in [0.15, 0.2) is 0 Å². The molecule has 0 aliphatic heterocycles. The summed E-state index contributed by atoms with van der Waals surface area (Å²) in [5, 5.41) is 12.6. The Balaban J connectivity index is 0.000000238. The molecule has 11 aromatic carbocycles. The first-order valence-corrected chi connectivity index (χ1v) is 22.2. The molecule has 11 aromatic rings. The fraction of sp³-hybridized carbons (Fsp3) is 0.0476. The lowest BCUT2D eigenvalue weighted by Crippen LogP contribution is -2.34. The summed E-state index contributed by atoms with van der Waals surface area (Å²) in [6.45, 7) is 4.52. The number of nitrogens with zero attached hydrogens (tertiary/aromatic N) is 1. The highest BCUT2D eigenvalue weighted by Gasteiger charge is 2.19. The Bertz CT molecular complexity index is 3470. The second-order valence-corrected chi connectivity index (χ2v) is 16.4. The van der Waals surface area contributed by atoms with Crippen molar-refractivity contribution in [3.05, 3.63) is 287 Å². The Morgan fingerprint density at radius 2 is 0.828 bits per heavy atom. The van der Waals surface area contributed by atoms with Gasteiger partial charge in [0.2, 0.25) is 0 Å². The highest BCUT2D eigenvalue weighted by molar-refractivity contribution is 6.13. The van der Waals surface area contributed by atoms with Gasteiger partial charge >= 0.3 is 0 Å². The van der Waals surface area contributed by atoms with Crippen LogP contribution < -0.4 is 15.3 Å². The third-order valence-electron chi connectivity index (χ3n) is 12.6. The van der Waals surface area contributed by atoms with Gasteiger partial charge in [-0.15, -0.1) is 0 Å². The Kier molecular flexibility index (Phi) is 11.4. The van der Waals surface area contributed by atoms with Gasteiger partial charge < -0.3 is 4.90 Å². The van der Waals surface area contributed by atoms with Gasteiger partial charge in [-0.05, 0) is 115 Å². The number of hydrogen-bond donors (Lipinski definition) is 0. The number of rotatable bonds is 7. The molecule has 0 saturated heterocycles. The summed E-state index contributed by atoms with van der Waals surface area (Å²) in [6.07, 6.45) is 1.00. The number of benzene rings is 11. The SMILES string of the molecule is C/C(=c1/cccc/c1=C(/c1ccccc1)c1c2ccccc2c(C)c2ccccc12)N(c1ccccc1)c1cccc2ccccc12.c1ccc(Cc2cccc3ccccc23)cc1. The molecule has 0 aliphatic rings. The third-order valence-corrected chi connectivity index (χ3v) is 12.6. The normalized spacial score (nSPS) is 12.2. The number of fused-ring (bicyclic) bond motifs is 4. The molecule has 0 saturated carbocycles. The van der Waals surface area contributed by atoms with Crippen molar-refractivity contribution < 1.29 is 0 Å². The highest BCUT2D eigenvalue weighted by Crippen LogP contribution is 2.39. The summed E-state index contributed by atoms with van der Waals surface area (Å²) in [6, 6.07) is 89.4. The molecule has 0 atom stereocenters. The molecule has 64 heavy (non-hydrogen) atoms. The van der Waals surface area contributed by atoms with Gasteiger partial charge in [-0.1, -0.05) is 231 Å². The monoisotopic (exact) mass is 819 g/mol. The zero-order chi connectivity index (χ0) is 43.2. The molecule has 0 aromatic heterocycles. The van der Waals surface area contributed by atoms with Gasteiger partial charge in [0.05, 0.1) is 5.69 Å². The first-order chi connectivity index (χ1) is 31.6. The van der Waals surface area contributed by atoms with Crippen LogP contribution in [0.2, 0.25) is 0 Å². The zero-order valence-corrected chi connectivity index (χ0v) is 36.3. The van der Waals surface area contributed by atoms with E-state index in [0.717, 1.165) is 23.5 Å².